The van der Waals surface area contributed by atoms with Gasteiger partial charge in [-0.3, -0.25) is 4.79 Å². The SMILES string of the molecule is CCOC(=O)C1CC[NH+](Cn2nc(-c3ccc(C)c(C)c3)oc2=S)CC1. The Bertz CT molecular complexity index is 835. The van der Waals surface area contributed by atoms with E-state index in [1.54, 1.807) is 4.68 Å². The number of benzene rings is 1. The fourth-order valence-electron chi connectivity index (χ4n) is 3.29. The summed E-state index contributed by atoms with van der Waals surface area (Å²) in [6, 6.07) is 6.14. The average molecular weight is 377 g/mol. The van der Waals surface area contributed by atoms with Crippen molar-refractivity contribution in [2.45, 2.75) is 40.3 Å². The Labute approximate surface area is 158 Å². The number of esters is 1. The molecular weight excluding hydrogens is 350 g/mol. The maximum atomic E-state index is 11.8. The Hall–Kier alpha value is -1.99. The summed E-state index contributed by atoms with van der Waals surface area (Å²) in [5.74, 6) is 0.510. The van der Waals surface area contributed by atoms with Gasteiger partial charge in [0.25, 0.3) is 4.84 Å². The van der Waals surface area contributed by atoms with Gasteiger partial charge >= 0.3 is 5.97 Å². The summed E-state index contributed by atoms with van der Waals surface area (Å²) < 4.78 is 12.6. The van der Waals surface area contributed by atoms with Gasteiger partial charge in [-0.1, -0.05) is 6.07 Å². The minimum absolute atomic E-state index is 0.0232. The lowest BCUT2D eigenvalue weighted by Crippen LogP contribution is -3.12. The van der Waals surface area contributed by atoms with Crippen molar-refractivity contribution in [3.63, 3.8) is 0 Å². The summed E-state index contributed by atoms with van der Waals surface area (Å²) in [7, 11) is 0. The molecule has 26 heavy (non-hydrogen) atoms. The summed E-state index contributed by atoms with van der Waals surface area (Å²) in [6.07, 6.45) is 1.67. The third-order valence-electron chi connectivity index (χ3n) is 5.05. The van der Waals surface area contributed by atoms with Crippen LogP contribution in [-0.4, -0.2) is 35.4 Å². The predicted molar refractivity (Wildman–Crippen MR) is 100 cm³/mol. The van der Waals surface area contributed by atoms with Gasteiger partial charge in [0.05, 0.1) is 25.6 Å². The van der Waals surface area contributed by atoms with Crippen LogP contribution in [0.2, 0.25) is 0 Å². The molecule has 2 aromatic rings. The number of hydrogen-bond acceptors (Lipinski definition) is 5. The average Bonchev–Trinajstić information content (AvgIpc) is 2.99. The highest BCUT2D eigenvalue weighted by Crippen LogP contribution is 2.21. The van der Waals surface area contributed by atoms with E-state index in [0.717, 1.165) is 31.5 Å². The number of hydrogen-bond donors (Lipinski definition) is 1. The molecule has 6 nitrogen and oxygen atoms in total. The first-order valence-corrected chi connectivity index (χ1v) is 9.54. The van der Waals surface area contributed by atoms with Gasteiger partial charge < -0.3 is 14.1 Å². The van der Waals surface area contributed by atoms with Gasteiger partial charge in [-0.05, 0) is 56.2 Å². The number of aromatic nitrogens is 2. The Morgan fingerprint density at radius 2 is 2.08 bits per heavy atom. The monoisotopic (exact) mass is 376 g/mol. The zero-order valence-corrected chi connectivity index (χ0v) is 16.4. The molecule has 0 bridgehead atoms. The lowest BCUT2D eigenvalue weighted by atomic mass is 9.97. The van der Waals surface area contributed by atoms with Gasteiger partial charge in [-0.15, -0.1) is 5.10 Å². The number of ether oxygens (including phenoxy) is 1. The second-order valence-corrected chi connectivity index (χ2v) is 7.26. The molecule has 0 amide bonds. The molecule has 1 saturated heterocycles. The minimum atomic E-state index is -0.0679. The van der Waals surface area contributed by atoms with Crippen LogP contribution in [0.4, 0.5) is 0 Å². The van der Waals surface area contributed by atoms with Gasteiger partial charge in [-0.2, -0.15) is 4.68 Å². The second-order valence-electron chi connectivity index (χ2n) is 6.91. The first-order valence-electron chi connectivity index (χ1n) is 9.13. The van der Waals surface area contributed by atoms with Gasteiger partial charge in [-0.25, -0.2) is 0 Å². The smallest absolute Gasteiger partial charge is 0.309 e. The van der Waals surface area contributed by atoms with Crippen LogP contribution in [0.5, 0.6) is 0 Å². The van der Waals surface area contributed by atoms with Crippen LogP contribution in [0.15, 0.2) is 22.6 Å². The highest BCUT2D eigenvalue weighted by Gasteiger charge is 2.29. The van der Waals surface area contributed by atoms with Gasteiger partial charge in [0.1, 0.15) is 0 Å². The zero-order chi connectivity index (χ0) is 18.7. The summed E-state index contributed by atoms with van der Waals surface area (Å²) in [4.78, 5) is 13.6. The van der Waals surface area contributed by atoms with Crippen molar-refractivity contribution in [3.8, 4) is 11.5 Å². The maximum Gasteiger partial charge on any atom is 0.309 e. The molecule has 0 radical (unpaired) electrons. The van der Waals surface area contributed by atoms with Crippen LogP contribution >= 0.6 is 12.2 Å². The third kappa shape index (κ3) is 4.22. The van der Waals surface area contributed by atoms with E-state index in [1.165, 1.54) is 16.0 Å². The topological polar surface area (TPSA) is 61.7 Å². The van der Waals surface area contributed by atoms with Gasteiger partial charge in [0.2, 0.25) is 5.89 Å². The zero-order valence-electron chi connectivity index (χ0n) is 15.6. The summed E-state index contributed by atoms with van der Waals surface area (Å²) >= 11 is 5.35. The number of rotatable bonds is 5. The molecule has 1 aliphatic rings. The van der Waals surface area contributed by atoms with Crippen molar-refractivity contribution in [2.75, 3.05) is 19.7 Å². The van der Waals surface area contributed by atoms with Crippen LogP contribution in [0, 0.1) is 24.6 Å². The van der Waals surface area contributed by atoms with Crippen molar-refractivity contribution >= 4 is 18.2 Å². The third-order valence-corrected chi connectivity index (χ3v) is 5.34. The second kappa shape index (κ2) is 8.14. The molecule has 1 fully saturated rings. The standard InChI is InChI=1S/C19H25N3O3S/c1-4-24-18(23)15-7-9-21(10-8-15)12-22-19(26)25-17(20-22)16-6-5-13(2)14(3)11-16/h5-6,11,15H,4,7-10,12H2,1-3H3/p+1. The van der Waals surface area contributed by atoms with E-state index in [1.807, 2.05) is 13.0 Å². The van der Waals surface area contributed by atoms with Crippen molar-refractivity contribution in [3.05, 3.63) is 34.2 Å². The van der Waals surface area contributed by atoms with Crippen LogP contribution in [0.1, 0.15) is 30.9 Å². The molecule has 1 aromatic heterocycles. The summed E-state index contributed by atoms with van der Waals surface area (Å²) in [5.41, 5.74) is 3.37. The van der Waals surface area contributed by atoms with Gasteiger partial charge in [0.15, 0.2) is 6.67 Å². The highest BCUT2D eigenvalue weighted by molar-refractivity contribution is 7.71. The number of quaternary nitrogens is 1. The minimum Gasteiger partial charge on any atom is -0.466 e. The molecule has 1 N–H and O–H groups in total. The van der Waals surface area contributed by atoms with Crippen LogP contribution in [0.25, 0.3) is 11.5 Å². The van der Waals surface area contributed by atoms with Crippen LogP contribution in [-0.2, 0) is 16.2 Å². The number of likely N-dealkylation sites (tertiary alicyclic amines) is 1. The number of nitrogens with one attached hydrogen (secondary N) is 1. The van der Waals surface area contributed by atoms with Crippen molar-refractivity contribution in [2.24, 2.45) is 5.92 Å². The number of nitrogens with zero attached hydrogens (tertiary/aromatic N) is 2. The fraction of sp³-hybridized carbons (Fsp3) is 0.526. The molecule has 0 spiro atoms. The lowest BCUT2D eigenvalue weighted by Gasteiger charge is -2.27. The lowest BCUT2D eigenvalue weighted by molar-refractivity contribution is -0.929. The van der Waals surface area contributed by atoms with E-state index >= 15 is 0 Å². The van der Waals surface area contributed by atoms with Crippen molar-refractivity contribution in [1.29, 1.82) is 0 Å². The molecule has 0 saturated carbocycles. The van der Waals surface area contributed by atoms with E-state index in [9.17, 15) is 4.79 Å². The highest BCUT2D eigenvalue weighted by atomic mass is 32.1. The van der Waals surface area contributed by atoms with Crippen molar-refractivity contribution < 1.29 is 18.8 Å². The van der Waals surface area contributed by atoms with E-state index < -0.39 is 0 Å². The Kier molecular flexibility index (Phi) is 5.88. The predicted octanol–water partition coefficient (Wildman–Crippen LogP) is 2.30. The Morgan fingerprint density at radius 1 is 1.35 bits per heavy atom. The molecule has 3 rings (SSSR count). The molecule has 2 heterocycles. The Morgan fingerprint density at radius 3 is 2.73 bits per heavy atom. The quantitative estimate of drug-likeness (QED) is 0.641. The normalized spacial score (nSPS) is 20.1. The number of carbonyl (C=O) groups is 1. The molecule has 0 atom stereocenters. The molecular formula is C19H26N3O3S+. The Balaban J connectivity index is 1.65. The number of piperidine rings is 1. The molecule has 1 aliphatic heterocycles. The van der Waals surface area contributed by atoms with Crippen LogP contribution < -0.4 is 4.90 Å². The largest absolute Gasteiger partial charge is 0.466 e. The van der Waals surface area contributed by atoms with E-state index in [4.69, 9.17) is 21.4 Å². The molecule has 1 aromatic carbocycles. The fourth-order valence-corrected chi connectivity index (χ4v) is 3.47. The van der Waals surface area contributed by atoms with E-state index in [2.05, 4.69) is 31.1 Å². The summed E-state index contributed by atoms with van der Waals surface area (Å²) in [6.45, 7) is 8.90. The molecule has 0 unspecified atom stereocenters. The van der Waals surface area contributed by atoms with Gasteiger partial charge in [0, 0.05) is 18.4 Å². The van der Waals surface area contributed by atoms with Crippen LogP contribution in [0.3, 0.4) is 0 Å². The first-order chi connectivity index (χ1) is 12.5. The summed E-state index contributed by atoms with van der Waals surface area (Å²) in [5, 5.41) is 4.56. The maximum absolute atomic E-state index is 11.8. The van der Waals surface area contributed by atoms with E-state index in [-0.39, 0.29) is 11.9 Å². The van der Waals surface area contributed by atoms with E-state index in [0.29, 0.717) is 24.0 Å². The molecule has 140 valence electrons. The van der Waals surface area contributed by atoms with Crippen molar-refractivity contribution in [1.82, 2.24) is 9.78 Å². The molecule has 7 heteroatoms. The molecule has 0 aliphatic carbocycles. The number of carbonyl (C=O) groups excluding carboxylic acids is 1. The number of aryl methyl sites for hydroxylation is 2. The first kappa shape index (κ1) is 18.8.